The zero-order valence-electron chi connectivity index (χ0n) is 11.2. The summed E-state index contributed by atoms with van der Waals surface area (Å²) in [4.78, 5) is 0. The average molecular weight is 390 g/mol. The Morgan fingerprint density at radius 3 is 1.29 bits per heavy atom. The van der Waals surface area contributed by atoms with Crippen molar-refractivity contribution in [3.05, 3.63) is 0 Å². The van der Waals surface area contributed by atoms with Crippen molar-refractivity contribution in [1.29, 1.82) is 0 Å². The number of halogens is 13. The van der Waals surface area contributed by atoms with Crippen LogP contribution in [0.2, 0.25) is 0 Å². The van der Waals surface area contributed by atoms with Crippen molar-refractivity contribution in [3.8, 4) is 0 Å². The quantitative estimate of drug-likeness (QED) is 0.464. The van der Waals surface area contributed by atoms with Crippen LogP contribution in [0.4, 0.5) is 57.1 Å². The molecule has 14 heteroatoms. The predicted molar refractivity (Wildman–Crippen MR) is 49.8 cm³/mol. The van der Waals surface area contributed by atoms with Crippen LogP contribution < -0.4 is 0 Å². The minimum absolute atomic E-state index is 0.653. The Morgan fingerprint density at radius 2 is 1.00 bits per heavy atom. The fourth-order valence-corrected chi connectivity index (χ4v) is 1.61. The maximum atomic E-state index is 13.3. The van der Waals surface area contributed by atoms with Gasteiger partial charge in [-0.25, -0.2) is 0 Å². The average Bonchev–Trinajstić information content (AvgIpc) is 3.03. The van der Waals surface area contributed by atoms with Gasteiger partial charge in [-0.1, -0.05) is 0 Å². The van der Waals surface area contributed by atoms with E-state index in [0.29, 0.717) is 6.92 Å². The zero-order valence-corrected chi connectivity index (χ0v) is 11.2. The Bertz CT molecular complexity index is 487. The van der Waals surface area contributed by atoms with E-state index in [9.17, 15) is 57.1 Å². The monoisotopic (exact) mass is 390 g/mol. The molecular formula is C10H7F13O. The van der Waals surface area contributed by atoms with E-state index in [1.807, 2.05) is 0 Å². The molecule has 1 fully saturated rings. The molecule has 0 aliphatic carbocycles. The van der Waals surface area contributed by atoms with E-state index >= 15 is 0 Å². The molecule has 0 amide bonds. The summed E-state index contributed by atoms with van der Waals surface area (Å²) in [5.74, 6) is -36.6. The lowest BCUT2D eigenvalue weighted by Crippen LogP contribution is -2.70. The van der Waals surface area contributed by atoms with Gasteiger partial charge in [-0.2, -0.15) is 57.1 Å². The number of hydrogen-bond acceptors (Lipinski definition) is 1. The molecule has 0 bridgehead atoms. The molecule has 1 aliphatic rings. The highest BCUT2D eigenvalue weighted by Crippen LogP contribution is 2.61. The summed E-state index contributed by atoms with van der Waals surface area (Å²) in [5, 5.41) is 0. The summed E-state index contributed by atoms with van der Waals surface area (Å²) >= 11 is 0. The molecule has 0 aromatic heterocycles. The topological polar surface area (TPSA) is 12.5 Å². The largest absolute Gasteiger partial charge is 0.460 e. The van der Waals surface area contributed by atoms with Crippen LogP contribution in [0.15, 0.2) is 0 Å². The maximum Gasteiger partial charge on any atom is 0.460 e. The molecule has 1 aliphatic heterocycles. The highest BCUT2D eigenvalue weighted by Gasteiger charge is 2.90. The Labute approximate surface area is 124 Å². The Balaban J connectivity index is 3.33. The van der Waals surface area contributed by atoms with E-state index in [1.54, 1.807) is 0 Å². The molecule has 1 heterocycles. The molecule has 0 spiro atoms. The van der Waals surface area contributed by atoms with Gasteiger partial charge in [0.2, 0.25) is 0 Å². The third-order valence-electron chi connectivity index (χ3n) is 3.23. The van der Waals surface area contributed by atoms with E-state index in [4.69, 9.17) is 0 Å². The second-order valence-corrected chi connectivity index (χ2v) is 5.42. The standard InChI is InChI=1S/C10H7F13O/c1-4(3-24-4)2-5(11,12)6(13,14)7(15,16)8(17,18)9(19,20)10(21,22)23/h2-3H2,1H3. The van der Waals surface area contributed by atoms with Crippen molar-refractivity contribution < 1.29 is 61.8 Å². The third kappa shape index (κ3) is 2.79. The Hall–Kier alpha value is -0.950. The van der Waals surface area contributed by atoms with Crippen LogP contribution in [0.1, 0.15) is 13.3 Å². The SMILES string of the molecule is CC1(CC(F)(F)C(F)(F)C(F)(F)C(F)(F)C(F)(F)C(F)(F)F)CO1. The van der Waals surface area contributed by atoms with Crippen LogP contribution in [-0.2, 0) is 4.74 Å². The van der Waals surface area contributed by atoms with Crippen molar-refractivity contribution in [2.45, 2.75) is 54.7 Å². The smallest absolute Gasteiger partial charge is 0.370 e. The number of ether oxygens (including phenoxy) is 1. The Morgan fingerprint density at radius 1 is 0.667 bits per heavy atom. The second kappa shape index (κ2) is 5.04. The summed E-state index contributed by atoms with van der Waals surface area (Å²) in [5.41, 5.74) is -2.12. The molecule has 24 heavy (non-hydrogen) atoms. The number of alkyl halides is 13. The summed E-state index contributed by atoms with van der Waals surface area (Å²) < 4.78 is 170. The van der Waals surface area contributed by atoms with Crippen LogP contribution >= 0.6 is 0 Å². The number of hydrogen-bond donors (Lipinski definition) is 0. The molecular weight excluding hydrogens is 383 g/mol. The van der Waals surface area contributed by atoms with Crippen molar-refractivity contribution >= 4 is 0 Å². The van der Waals surface area contributed by atoms with Crippen LogP contribution in [0.5, 0.6) is 0 Å². The molecule has 0 N–H and O–H groups in total. The van der Waals surface area contributed by atoms with E-state index < -0.39 is 54.4 Å². The molecule has 1 unspecified atom stereocenters. The highest BCUT2D eigenvalue weighted by molar-refractivity contribution is 5.11. The highest BCUT2D eigenvalue weighted by atomic mass is 19.4. The number of rotatable bonds is 6. The van der Waals surface area contributed by atoms with Gasteiger partial charge in [-0.05, 0) is 6.92 Å². The van der Waals surface area contributed by atoms with E-state index in [2.05, 4.69) is 4.74 Å². The minimum atomic E-state index is -7.85. The second-order valence-electron chi connectivity index (χ2n) is 5.42. The molecule has 1 nitrogen and oxygen atoms in total. The van der Waals surface area contributed by atoms with Crippen LogP contribution in [0, 0.1) is 0 Å². The van der Waals surface area contributed by atoms with Gasteiger partial charge < -0.3 is 4.74 Å². The van der Waals surface area contributed by atoms with Gasteiger partial charge in [-0.15, -0.1) is 0 Å². The van der Waals surface area contributed by atoms with Crippen molar-refractivity contribution in [3.63, 3.8) is 0 Å². The molecule has 0 saturated carbocycles. The first-order valence-corrected chi connectivity index (χ1v) is 5.76. The van der Waals surface area contributed by atoms with Crippen molar-refractivity contribution in [2.75, 3.05) is 6.61 Å². The third-order valence-corrected chi connectivity index (χ3v) is 3.23. The van der Waals surface area contributed by atoms with Crippen LogP contribution in [-0.4, -0.2) is 48.0 Å². The van der Waals surface area contributed by atoms with E-state index in [-0.39, 0.29) is 0 Å². The van der Waals surface area contributed by atoms with Gasteiger partial charge in [0, 0.05) is 6.42 Å². The molecule has 0 radical (unpaired) electrons. The minimum Gasteiger partial charge on any atom is -0.370 e. The fourth-order valence-electron chi connectivity index (χ4n) is 1.61. The molecule has 144 valence electrons. The van der Waals surface area contributed by atoms with Gasteiger partial charge in [-0.3, -0.25) is 0 Å². The summed E-state index contributed by atoms with van der Waals surface area (Å²) in [6.45, 7) is 0.0386. The molecule has 1 rings (SSSR count). The van der Waals surface area contributed by atoms with Crippen LogP contribution in [0.25, 0.3) is 0 Å². The molecule has 1 atom stereocenters. The van der Waals surface area contributed by atoms with Crippen molar-refractivity contribution in [1.82, 2.24) is 0 Å². The van der Waals surface area contributed by atoms with E-state index in [0.717, 1.165) is 0 Å². The van der Waals surface area contributed by atoms with Gasteiger partial charge in [0.25, 0.3) is 0 Å². The summed E-state index contributed by atoms with van der Waals surface area (Å²) in [6, 6.07) is 0. The summed E-state index contributed by atoms with van der Waals surface area (Å²) in [7, 11) is 0. The van der Waals surface area contributed by atoms with E-state index in [1.165, 1.54) is 0 Å². The van der Waals surface area contributed by atoms with Gasteiger partial charge in [0.05, 0.1) is 12.2 Å². The molecule has 1 saturated heterocycles. The lowest BCUT2D eigenvalue weighted by atomic mass is 9.90. The number of epoxide rings is 1. The van der Waals surface area contributed by atoms with Gasteiger partial charge >= 0.3 is 35.8 Å². The zero-order chi connectivity index (χ0) is 19.6. The van der Waals surface area contributed by atoms with Gasteiger partial charge in [0.1, 0.15) is 0 Å². The first kappa shape index (κ1) is 21.1. The lowest BCUT2D eigenvalue weighted by Gasteiger charge is -2.40. The van der Waals surface area contributed by atoms with Crippen molar-refractivity contribution in [2.24, 2.45) is 0 Å². The summed E-state index contributed by atoms with van der Waals surface area (Å²) in [6.07, 6.45) is -9.69. The molecule has 0 aromatic rings. The lowest BCUT2D eigenvalue weighted by molar-refractivity contribution is -0.440. The fraction of sp³-hybridized carbons (Fsp3) is 1.00. The van der Waals surface area contributed by atoms with Gasteiger partial charge in [0.15, 0.2) is 0 Å². The normalized spacial score (nSPS) is 24.2. The van der Waals surface area contributed by atoms with Crippen LogP contribution in [0.3, 0.4) is 0 Å². The first-order valence-electron chi connectivity index (χ1n) is 5.76. The first-order chi connectivity index (χ1) is 10.2. The Kier molecular flexibility index (Phi) is 4.43. The molecule has 0 aromatic carbocycles. The predicted octanol–water partition coefficient (Wildman–Crippen LogP) is 4.90. The maximum absolute atomic E-state index is 13.3.